The molecule has 1 unspecified atom stereocenters. The molecule has 0 aromatic rings. The molecular weight excluding hydrogens is 479 g/mol. The molecule has 0 saturated carbocycles. The predicted octanol–water partition coefficient (Wildman–Crippen LogP) is -15.0. The Morgan fingerprint density at radius 3 is 0.844 bits per heavy atom. The van der Waals surface area contributed by atoms with Gasteiger partial charge in [0.25, 0.3) is 0 Å². The van der Waals surface area contributed by atoms with Gasteiger partial charge in [0, 0.05) is 12.4 Å². The summed E-state index contributed by atoms with van der Waals surface area (Å²) >= 11 is 0. The molecule has 0 amide bonds. The van der Waals surface area contributed by atoms with Crippen molar-refractivity contribution in [3.05, 3.63) is 0 Å². The van der Waals surface area contributed by atoms with Crippen LogP contribution in [0.1, 0.15) is 25.7 Å². The second-order valence-corrected chi connectivity index (χ2v) is 4.90. The smallest absolute Gasteiger partial charge is 0.550 e. The van der Waals surface area contributed by atoms with E-state index in [0.717, 1.165) is 0 Å². The van der Waals surface area contributed by atoms with Crippen LogP contribution in [0.2, 0.25) is 0 Å². The zero-order valence-corrected chi connectivity index (χ0v) is 23.9. The van der Waals surface area contributed by atoms with Gasteiger partial charge in [-0.3, -0.25) is 14.4 Å². The molecule has 0 aliphatic rings. The zero-order chi connectivity index (χ0) is 21.3. The molecule has 0 aliphatic heterocycles. The van der Waals surface area contributed by atoms with Gasteiger partial charge in [-0.15, -0.1) is 0 Å². The fraction of sp³-hybridized carbons (Fsp3) is 0.500. The maximum atomic E-state index is 10.2. The third-order valence-electron chi connectivity index (χ3n) is 2.53. The number of aliphatic hydroxyl groups is 2. The largest absolute Gasteiger partial charge is 1.00 e. The van der Waals surface area contributed by atoms with E-state index in [1.54, 1.807) is 0 Å². The van der Waals surface area contributed by atoms with Crippen molar-refractivity contribution in [3.8, 4) is 0 Å². The molecule has 0 rings (SSSR count). The molecule has 0 fully saturated rings. The van der Waals surface area contributed by atoms with Crippen molar-refractivity contribution in [2.45, 2.75) is 36.9 Å². The molecule has 0 bridgehead atoms. The average Bonchev–Trinajstić information content (AvgIpc) is 2.34. The fourth-order valence-electron chi connectivity index (χ4n) is 1.40. The summed E-state index contributed by atoms with van der Waals surface area (Å²) in [7, 11) is 0. The minimum absolute atomic E-state index is 0. The van der Waals surface area contributed by atoms with Gasteiger partial charge in [0.1, 0.15) is 11.2 Å². The maximum Gasteiger partial charge on any atom is 1.00 e. The van der Waals surface area contributed by atoms with Crippen molar-refractivity contribution in [3.63, 3.8) is 0 Å². The summed E-state index contributed by atoms with van der Waals surface area (Å²) in [5, 5.41) is 72.8. The Kier molecular flexibility index (Phi) is 39.5. The Morgan fingerprint density at radius 1 is 0.531 bits per heavy atom. The van der Waals surface area contributed by atoms with E-state index in [1.807, 2.05) is 0 Å². The minimum Gasteiger partial charge on any atom is -0.550 e. The van der Waals surface area contributed by atoms with Crippen LogP contribution in [0, 0.1) is 0 Å². The van der Waals surface area contributed by atoms with Crippen molar-refractivity contribution in [2.75, 3.05) is 0 Å². The molecule has 0 spiro atoms. The van der Waals surface area contributed by atoms with Crippen LogP contribution in [0.25, 0.3) is 0 Å². The van der Waals surface area contributed by atoms with Crippen LogP contribution in [-0.4, -0.2) is 72.6 Å². The van der Waals surface area contributed by atoms with Crippen LogP contribution in [0.5, 0.6) is 0 Å². The van der Waals surface area contributed by atoms with Gasteiger partial charge in [-0.2, -0.15) is 0 Å². The van der Waals surface area contributed by atoms with Gasteiger partial charge < -0.3 is 73.7 Å². The van der Waals surface area contributed by atoms with Gasteiger partial charge >= 0.3 is 107 Å². The van der Waals surface area contributed by atoms with Crippen molar-refractivity contribution < 1.29 is 158 Å². The zero-order valence-electron chi connectivity index (χ0n) is 17.9. The van der Waals surface area contributed by atoms with E-state index in [1.165, 1.54) is 0 Å². The van der Waals surface area contributed by atoms with E-state index in [9.17, 15) is 44.1 Å². The molecule has 0 aromatic carbocycles. The van der Waals surface area contributed by atoms with Crippen LogP contribution >= 0.6 is 0 Å². The Bertz CT molecular complexity index is 535. The van der Waals surface area contributed by atoms with Gasteiger partial charge in [-0.05, 0) is 0 Å². The number of carbonyl (C=O) groups excluding carboxylic acids is 3. The third kappa shape index (κ3) is 24.3. The first-order valence-electron chi connectivity index (χ1n) is 6.28. The molecule has 0 saturated heterocycles. The van der Waals surface area contributed by atoms with E-state index in [2.05, 4.69) is 0 Å². The van der Waals surface area contributed by atoms with Gasteiger partial charge in [0.2, 0.25) is 0 Å². The second-order valence-electron chi connectivity index (χ2n) is 4.90. The number of carboxylic acid groups (broad SMARTS) is 6. The molecule has 0 radical (unpaired) electrons. The third-order valence-corrected chi connectivity index (χ3v) is 2.53. The van der Waals surface area contributed by atoms with Crippen LogP contribution in [0.3, 0.4) is 0 Å². The molecule has 0 aromatic heterocycles. The first-order valence-corrected chi connectivity index (χ1v) is 6.28. The molecule has 1 atom stereocenters. The van der Waals surface area contributed by atoms with Gasteiger partial charge in [-0.25, -0.2) is 0 Å². The van der Waals surface area contributed by atoms with Gasteiger partial charge in [-0.1, -0.05) is 0 Å². The van der Waals surface area contributed by atoms with E-state index in [4.69, 9.17) is 25.5 Å². The van der Waals surface area contributed by atoms with Crippen LogP contribution in [0.4, 0.5) is 0 Å². The predicted molar refractivity (Wildman–Crippen MR) is 81.4 cm³/mol. The quantitative estimate of drug-likeness (QED) is 0.129. The average molecular weight is 501 g/mol. The van der Waals surface area contributed by atoms with E-state index < -0.39 is 72.7 Å². The number of hydrogen-bond acceptors (Lipinski definition) is 14. The second kappa shape index (κ2) is 23.8. The van der Waals surface area contributed by atoms with Crippen LogP contribution in [0.15, 0.2) is 0 Å². The van der Waals surface area contributed by atoms with Crippen LogP contribution in [-0.2, 0) is 28.8 Å². The van der Waals surface area contributed by atoms with Gasteiger partial charge in [0.05, 0.1) is 31.2 Å². The van der Waals surface area contributed by atoms with E-state index in [0.29, 0.717) is 0 Å². The molecule has 0 heterocycles. The molecule has 20 heteroatoms. The Morgan fingerprint density at radius 2 is 0.719 bits per heavy atom. The Labute approximate surface area is 247 Å². The molecule has 17 nitrogen and oxygen atoms in total. The van der Waals surface area contributed by atoms with Crippen molar-refractivity contribution in [1.82, 2.24) is 18.5 Å². The Hall–Kier alpha value is -0.380. The maximum absolute atomic E-state index is 10.2. The van der Waals surface area contributed by atoms with Gasteiger partial charge in [0.15, 0.2) is 0 Å². The summed E-state index contributed by atoms with van der Waals surface area (Å²) in [6, 6.07) is 0. The standard InChI is InChI=1S/2C6H8O7.3H3N.3Na/c2*7-3(8)1-6(13,5(11)12)2-4(9)10;;;;;;/h2*13H,1-2H2,(H,7,8)(H,9,10)(H,11,12);3*1H3;;;/q;;;;;3*+1/p-3. The first kappa shape index (κ1) is 53.1. The van der Waals surface area contributed by atoms with E-state index in [-0.39, 0.29) is 107 Å². The number of rotatable bonds is 10. The Balaban J connectivity index is -0.0000000505. The topological polar surface area (TPSA) is 378 Å². The number of carbonyl (C=O) groups is 6. The first-order chi connectivity index (χ1) is 11.6. The minimum atomic E-state index is -2.91. The summed E-state index contributed by atoms with van der Waals surface area (Å²) in [6.07, 6.45) is -4.98. The normalized spacial score (nSPS) is 10.3. The molecular formula is C12H22N3Na3O14. The van der Waals surface area contributed by atoms with Crippen molar-refractivity contribution in [1.29, 1.82) is 0 Å². The van der Waals surface area contributed by atoms with Crippen molar-refractivity contribution in [2.24, 2.45) is 0 Å². The molecule has 0 aliphatic carbocycles. The van der Waals surface area contributed by atoms with Crippen molar-refractivity contribution >= 4 is 35.8 Å². The number of hydrogen-bond donors (Lipinski definition) is 8. The van der Waals surface area contributed by atoms with Crippen LogP contribution < -0.4 is 122 Å². The molecule has 14 N–H and O–H groups in total. The summed E-state index contributed by atoms with van der Waals surface area (Å²) in [5.41, 5.74) is -5.76. The number of carboxylic acids is 6. The summed E-state index contributed by atoms with van der Waals surface area (Å²) in [5.74, 6) is -11.0. The fourth-order valence-corrected chi connectivity index (χ4v) is 1.40. The number of aliphatic carboxylic acids is 6. The molecule has 32 heavy (non-hydrogen) atoms. The summed E-state index contributed by atoms with van der Waals surface area (Å²) in [4.78, 5) is 60.5. The van der Waals surface area contributed by atoms with E-state index >= 15 is 0 Å². The summed E-state index contributed by atoms with van der Waals surface area (Å²) < 4.78 is 0. The SMILES string of the molecule is N.N.N.O=C(O)CC(O)(CC(=O)O)C(=O)[O-].O=C([O-])CC(O)(CC(=O)O)C(=O)[O-].[Na+].[Na+].[Na+]. The summed E-state index contributed by atoms with van der Waals surface area (Å²) in [6.45, 7) is 0. The molecule has 172 valence electrons. The monoisotopic (exact) mass is 501 g/mol.